The van der Waals surface area contributed by atoms with Gasteiger partial charge < -0.3 is 15.0 Å². The molecule has 0 atom stereocenters. The van der Waals surface area contributed by atoms with Crippen molar-refractivity contribution in [3.05, 3.63) is 34.0 Å². The second-order valence-corrected chi connectivity index (χ2v) is 8.46. The van der Waals surface area contributed by atoms with Crippen molar-refractivity contribution >= 4 is 34.7 Å². The minimum absolute atomic E-state index is 0.322. The first kappa shape index (κ1) is 19.2. The van der Waals surface area contributed by atoms with E-state index in [2.05, 4.69) is 25.5 Å². The molecule has 9 heteroatoms. The van der Waals surface area contributed by atoms with Crippen molar-refractivity contribution in [1.29, 1.82) is 0 Å². The van der Waals surface area contributed by atoms with E-state index in [-0.39, 0.29) is 5.91 Å². The van der Waals surface area contributed by atoms with E-state index in [1.165, 1.54) is 23.7 Å². The van der Waals surface area contributed by atoms with Crippen molar-refractivity contribution in [3.63, 3.8) is 0 Å². The molecule has 0 aromatic carbocycles. The van der Waals surface area contributed by atoms with Gasteiger partial charge in [-0.25, -0.2) is 9.78 Å². The van der Waals surface area contributed by atoms with E-state index in [1.54, 1.807) is 26.8 Å². The van der Waals surface area contributed by atoms with Crippen LogP contribution in [0.25, 0.3) is 0 Å². The van der Waals surface area contributed by atoms with E-state index in [0.29, 0.717) is 16.4 Å². The van der Waals surface area contributed by atoms with Crippen LogP contribution in [0, 0.1) is 0 Å². The second kappa shape index (κ2) is 7.61. The lowest BCUT2D eigenvalue weighted by Gasteiger charge is -2.20. The molecule has 1 aliphatic rings. The van der Waals surface area contributed by atoms with E-state index in [4.69, 9.17) is 4.74 Å². The summed E-state index contributed by atoms with van der Waals surface area (Å²) >= 11 is 1.40. The summed E-state index contributed by atoms with van der Waals surface area (Å²) in [6, 6.07) is 1.60. The van der Waals surface area contributed by atoms with E-state index >= 15 is 0 Å². The van der Waals surface area contributed by atoms with Gasteiger partial charge in [-0.2, -0.15) is 0 Å². The molecule has 0 bridgehead atoms. The van der Waals surface area contributed by atoms with Crippen LogP contribution in [-0.2, 0) is 17.7 Å². The Morgan fingerprint density at radius 1 is 1.26 bits per heavy atom. The number of hydrogen-bond acceptors (Lipinski definition) is 7. The molecule has 1 aliphatic heterocycles. The Morgan fingerprint density at radius 3 is 2.78 bits per heavy atom. The third kappa shape index (κ3) is 5.01. The number of pyridine rings is 1. The minimum atomic E-state index is -0.617. The average Bonchev–Trinajstić information content (AvgIpc) is 2.98. The van der Waals surface area contributed by atoms with Gasteiger partial charge in [0.05, 0.1) is 23.3 Å². The first-order valence-corrected chi connectivity index (χ1v) is 9.45. The summed E-state index contributed by atoms with van der Waals surface area (Å²) in [5.41, 5.74) is 1.17. The lowest BCUT2D eigenvalue weighted by atomic mass is 10.2. The number of amides is 2. The number of rotatable bonds is 3. The fourth-order valence-corrected chi connectivity index (χ4v) is 3.70. The quantitative estimate of drug-likeness (QED) is 0.837. The summed E-state index contributed by atoms with van der Waals surface area (Å²) in [7, 11) is 2.05. The molecule has 2 amide bonds. The minimum Gasteiger partial charge on any atom is -0.444 e. The molecule has 0 saturated heterocycles. The summed E-state index contributed by atoms with van der Waals surface area (Å²) < 4.78 is 5.25. The Morgan fingerprint density at radius 2 is 2.04 bits per heavy atom. The molecule has 0 fully saturated rings. The van der Waals surface area contributed by atoms with Crippen molar-refractivity contribution in [1.82, 2.24) is 14.9 Å². The molecule has 144 valence electrons. The Labute approximate surface area is 162 Å². The molecule has 2 aromatic rings. The van der Waals surface area contributed by atoms with Crippen molar-refractivity contribution in [2.75, 3.05) is 24.2 Å². The van der Waals surface area contributed by atoms with Crippen LogP contribution in [0.3, 0.4) is 0 Å². The normalized spacial score (nSPS) is 14.4. The summed E-state index contributed by atoms with van der Waals surface area (Å²) in [4.78, 5) is 36.5. The topological polar surface area (TPSA) is 96.5 Å². The molecule has 27 heavy (non-hydrogen) atoms. The third-order valence-corrected chi connectivity index (χ3v) is 4.90. The van der Waals surface area contributed by atoms with Crippen molar-refractivity contribution in [3.8, 4) is 0 Å². The SMILES string of the molecule is CN1CCc2nc(C(=O)Nc3cnccc3NC(=O)OC(C)(C)C)sc2C1. The van der Waals surface area contributed by atoms with Crippen LogP contribution in [0.1, 0.15) is 41.1 Å². The van der Waals surface area contributed by atoms with Crippen molar-refractivity contribution in [2.24, 2.45) is 0 Å². The van der Waals surface area contributed by atoms with Gasteiger partial charge in [0.25, 0.3) is 5.91 Å². The monoisotopic (exact) mass is 389 g/mol. The Kier molecular flexibility index (Phi) is 5.43. The number of thiazole rings is 1. The van der Waals surface area contributed by atoms with Gasteiger partial charge in [0, 0.05) is 30.6 Å². The number of anilines is 2. The highest BCUT2D eigenvalue weighted by molar-refractivity contribution is 7.13. The molecule has 0 saturated carbocycles. The maximum atomic E-state index is 12.6. The van der Waals surface area contributed by atoms with Gasteiger partial charge in [0.1, 0.15) is 5.60 Å². The van der Waals surface area contributed by atoms with Crippen LogP contribution in [0.2, 0.25) is 0 Å². The summed E-state index contributed by atoms with van der Waals surface area (Å²) in [5.74, 6) is -0.322. The van der Waals surface area contributed by atoms with E-state index < -0.39 is 11.7 Å². The smallest absolute Gasteiger partial charge is 0.412 e. The molecular weight excluding hydrogens is 366 g/mol. The van der Waals surface area contributed by atoms with Crippen LogP contribution in [0.4, 0.5) is 16.2 Å². The molecule has 0 aliphatic carbocycles. The number of nitrogens with zero attached hydrogens (tertiary/aromatic N) is 3. The zero-order valence-corrected chi connectivity index (χ0v) is 16.6. The molecule has 2 N–H and O–H groups in total. The fourth-order valence-electron chi connectivity index (χ4n) is 2.61. The second-order valence-electron chi connectivity index (χ2n) is 7.38. The van der Waals surface area contributed by atoms with Crippen LogP contribution in [0.15, 0.2) is 18.5 Å². The Bertz CT molecular complexity index is 859. The summed E-state index contributed by atoms with van der Waals surface area (Å²) in [6.07, 6.45) is 3.25. The fraction of sp³-hybridized carbons (Fsp3) is 0.444. The molecule has 0 radical (unpaired) electrons. The van der Waals surface area contributed by atoms with E-state index in [1.807, 2.05) is 7.05 Å². The van der Waals surface area contributed by atoms with Gasteiger partial charge in [-0.1, -0.05) is 0 Å². The summed E-state index contributed by atoms with van der Waals surface area (Å²) in [5, 5.41) is 5.82. The number of carbonyl (C=O) groups is 2. The van der Waals surface area contributed by atoms with E-state index in [0.717, 1.165) is 30.1 Å². The van der Waals surface area contributed by atoms with Crippen LogP contribution < -0.4 is 10.6 Å². The molecule has 0 spiro atoms. The first-order chi connectivity index (χ1) is 12.7. The van der Waals surface area contributed by atoms with Gasteiger partial charge in [-0.15, -0.1) is 11.3 Å². The highest BCUT2D eigenvalue weighted by atomic mass is 32.1. The van der Waals surface area contributed by atoms with Crippen molar-refractivity contribution < 1.29 is 14.3 Å². The molecule has 0 unspecified atom stereocenters. The molecule has 8 nitrogen and oxygen atoms in total. The maximum absolute atomic E-state index is 12.6. The van der Waals surface area contributed by atoms with Gasteiger partial charge in [-0.3, -0.25) is 15.1 Å². The van der Waals surface area contributed by atoms with Gasteiger partial charge in [-0.05, 0) is 33.9 Å². The molecule has 3 heterocycles. The number of likely N-dealkylation sites (N-methyl/N-ethyl adjacent to an activating group) is 1. The van der Waals surface area contributed by atoms with Gasteiger partial charge >= 0.3 is 6.09 Å². The first-order valence-electron chi connectivity index (χ1n) is 8.64. The lowest BCUT2D eigenvalue weighted by molar-refractivity contribution is 0.0635. The van der Waals surface area contributed by atoms with Gasteiger partial charge in [0.15, 0.2) is 5.01 Å². The van der Waals surface area contributed by atoms with Gasteiger partial charge in [0.2, 0.25) is 0 Å². The van der Waals surface area contributed by atoms with Crippen LogP contribution in [-0.4, -0.2) is 46.1 Å². The van der Waals surface area contributed by atoms with Crippen LogP contribution >= 0.6 is 11.3 Å². The zero-order valence-electron chi connectivity index (χ0n) is 15.8. The van der Waals surface area contributed by atoms with E-state index in [9.17, 15) is 9.59 Å². The number of nitrogens with one attached hydrogen (secondary N) is 2. The maximum Gasteiger partial charge on any atom is 0.412 e. The predicted octanol–water partition coefficient (Wildman–Crippen LogP) is 3.13. The van der Waals surface area contributed by atoms with Crippen LogP contribution in [0.5, 0.6) is 0 Å². The number of fused-ring (bicyclic) bond motifs is 1. The molecular formula is C18H23N5O3S. The summed E-state index contributed by atoms with van der Waals surface area (Å²) in [6.45, 7) is 7.08. The Balaban J connectivity index is 1.72. The molecule has 2 aromatic heterocycles. The predicted molar refractivity (Wildman–Crippen MR) is 104 cm³/mol. The number of aromatic nitrogens is 2. The number of ether oxygens (including phenoxy) is 1. The molecule has 3 rings (SSSR count). The lowest BCUT2D eigenvalue weighted by Crippen LogP contribution is -2.27. The average molecular weight is 389 g/mol. The standard InChI is InChI=1S/C18H23N5O3S/c1-18(2,3)26-17(25)22-11-5-7-19-9-13(11)20-15(24)16-21-12-6-8-23(4)10-14(12)27-16/h5,7,9H,6,8,10H2,1-4H3,(H,20,24)(H,19,22,25). The number of carbonyl (C=O) groups excluding carboxylic acids is 2. The third-order valence-electron chi connectivity index (χ3n) is 3.82. The zero-order chi connectivity index (χ0) is 19.6. The highest BCUT2D eigenvalue weighted by Crippen LogP contribution is 2.26. The van der Waals surface area contributed by atoms with Crippen molar-refractivity contribution in [2.45, 2.75) is 39.3 Å². The Hall–Kier alpha value is -2.52. The largest absolute Gasteiger partial charge is 0.444 e. The number of hydrogen-bond donors (Lipinski definition) is 2. The highest BCUT2D eigenvalue weighted by Gasteiger charge is 2.22.